The molecule has 2 atom stereocenters. The summed E-state index contributed by atoms with van der Waals surface area (Å²) in [5, 5.41) is 9.69. The van der Waals surface area contributed by atoms with Gasteiger partial charge in [0.2, 0.25) is 0 Å². The van der Waals surface area contributed by atoms with Gasteiger partial charge >= 0.3 is 5.97 Å². The van der Waals surface area contributed by atoms with Gasteiger partial charge in [0.05, 0.1) is 5.41 Å². The van der Waals surface area contributed by atoms with Crippen molar-refractivity contribution in [1.82, 2.24) is 9.88 Å². The molecule has 1 aromatic rings. The summed E-state index contributed by atoms with van der Waals surface area (Å²) in [5.74, 6) is -1.49. The van der Waals surface area contributed by atoms with Crippen LogP contribution >= 0.6 is 0 Å². The molecule has 7 heteroatoms. The largest absolute Gasteiger partial charge is 0.481 e. The summed E-state index contributed by atoms with van der Waals surface area (Å²) < 4.78 is 0. The lowest BCUT2D eigenvalue weighted by Gasteiger charge is -2.30. The summed E-state index contributed by atoms with van der Waals surface area (Å²) >= 11 is 0. The molecule has 2 aliphatic carbocycles. The minimum absolute atomic E-state index is 0.0673. The monoisotopic (exact) mass is 372 g/mol. The molecule has 0 bridgehead atoms. The van der Waals surface area contributed by atoms with E-state index < -0.39 is 22.9 Å². The molecule has 1 amide bonds. The molecule has 4 rings (SSSR count). The van der Waals surface area contributed by atoms with Gasteiger partial charge in [-0.25, -0.2) is 0 Å². The lowest BCUT2D eigenvalue weighted by atomic mass is 9.75. The minimum atomic E-state index is -0.892. The number of ketones is 1. The summed E-state index contributed by atoms with van der Waals surface area (Å²) in [6.07, 6.45) is 3.14. The molecule has 7 nitrogen and oxygen atoms in total. The van der Waals surface area contributed by atoms with Crippen molar-refractivity contribution in [1.29, 1.82) is 0 Å². The van der Waals surface area contributed by atoms with Crippen LogP contribution in [0, 0.1) is 16.7 Å². The van der Waals surface area contributed by atoms with Crippen LogP contribution in [0.4, 0.5) is 0 Å². The summed E-state index contributed by atoms with van der Waals surface area (Å²) in [4.78, 5) is 54.0. The molecule has 2 heterocycles. The van der Waals surface area contributed by atoms with Crippen LogP contribution < -0.4 is 5.56 Å². The molecular weight excluding hydrogens is 348 g/mol. The predicted octanol–water partition coefficient (Wildman–Crippen LogP) is 1.86. The maximum absolute atomic E-state index is 13.0. The van der Waals surface area contributed by atoms with Crippen LogP contribution in [0.15, 0.2) is 10.9 Å². The number of H-pyrrole nitrogens is 1. The number of likely N-dealkylation sites (tertiary alicyclic amines) is 1. The Balaban J connectivity index is 1.66. The van der Waals surface area contributed by atoms with Crippen LogP contribution in [0.3, 0.4) is 0 Å². The predicted molar refractivity (Wildman–Crippen MR) is 96.8 cm³/mol. The maximum atomic E-state index is 13.0. The van der Waals surface area contributed by atoms with Gasteiger partial charge < -0.3 is 15.0 Å². The SMILES string of the molecule is CC1(C)CC(=O)c2cc(C(=O)N3C[C@@H]4CCC[C@@]4(C(=O)O)C3)c(=O)[nH]c2C1. The zero-order chi connectivity index (χ0) is 19.6. The third kappa shape index (κ3) is 2.71. The molecule has 1 aromatic heterocycles. The Morgan fingerprint density at radius 3 is 2.67 bits per heavy atom. The van der Waals surface area contributed by atoms with Gasteiger partial charge in [-0.2, -0.15) is 0 Å². The number of aromatic nitrogens is 1. The van der Waals surface area contributed by atoms with Gasteiger partial charge in [0.15, 0.2) is 5.78 Å². The topological polar surface area (TPSA) is 108 Å². The second kappa shape index (κ2) is 5.78. The zero-order valence-corrected chi connectivity index (χ0v) is 15.6. The number of nitrogens with one attached hydrogen (secondary N) is 1. The molecule has 144 valence electrons. The molecule has 3 aliphatic rings. The first-order valence-corrected chi connectivity index (χ1v) is 9.45. The number of aromatic amines is 1. The van der Waals surface area contributed by atoms with E-state index in [9.17, 15) is 24.3 Å². The van der Waals surface area contributed by atoms with Crippen molar-refractivity contribution < 1.29 is 19.5 Å². The molecule has 2 fully saturated rings. The van der Waals surface area contributed by atoms with E-state index in [2.05, 4.69) is 4.98 Å². The number of carbonyl (C=O) groups excluding carboxylic acids is 2. The molecule has 0 unspecified atom stereocenters. The van der Waals surface area contributed by atoms with E-state index in [1.165, 1.54) is 11.0 Å². The molecule has 0 aromatic carbocycles. The number of carboxylic acid groups (broad SMARTS) is 1. The normalized spacial score (nSPS) is 28.7. The second-order valence-electron chi connectivity index (χ2n) is 9.08. The Morgan fingerprint density at radius 2 is 2.00 bits per heavy atom. The highest BCUT2D eigenvalue weighted by molar-refractivity contribution is 6.02. The van der Waals surface area contributed by atoms with Crippen molar-refractivity contribution in [2.45, 2.75) is 46.0 Å². The Morgan fingerprint density at radius 1 is 1.26 bits per heavy atom. The van der Waals surface area contributed by atoms with E-state index in [-0.39, 0.29) is 29.2 Å². The number of amides is 1. The average molecular weight is 372 g/mol. The van der Waals surface area contributed by atoms with E-state index in [1.807, 2.05) is 13.8 Å². The van der Waals surface area contributed by atoms with Crippen molar-refractivity contribution in [2.24, 2.45) is 16.7 Å². The number of carbonyl (C=O) groups is 3. The first-order chi connectivity index (χ1) is 12.6. The molecule has 1 saturated heterocycles. The van der Waals surface area contributed by atoms with Crippen LogP contribution in [0.5, 0.6) is 0 Å². The number of pyridine rings is 1. The second-order valence-corrected chi connectivity index (χ2v) is 9.08. The third-order valence-electron chi connectivity index (χ3n) is 6.53. The van der Waals surface area contributed by atoms with Crippen molar-refractivity contribution in [3.05, 3.63) is 33.2 Å². The smallest absolute Gasteiger partial charge is 0.311 e. The van der Waals surface area contributed by atoms with Gasteiger partial charge in [-0.1, -0.05) is 20.3 Å². The van der Waals surface area contributed by atoms with Crippen molar-refractivity contribution in [2.75, 3.05) is 13.1 Å². The van der Waals surface area contributed by atoms with Crippen molar-refractivity contribution >= 4 is 17.7 Å². The minimum Gasteiger partial charge on any atom is -0.481 e. The quantitative estimate of drug-likeness (QED) is 0.824. The molecule has 1 saturated carbocycles. The molecule has 27 heavy (non-hydrogen) atoms. The number of carboxylic acids is 1. The Hall–Kier alpha value is -2.44. The highest BCUT2D eigenvalue weighted by Gasteiger charge is 2.56. The van der Waals surface area contributed by atoms with E-state index >= 15 is 0 Å². The average Bonchev–Trinajstić information content (AvgIpc) is 3.10. The zero-order valence-electron chi connectivity index (χ0n) is 15.6. The standard InChI is InChI=1S/C20H24N2O5/c1-19(2)7-14-12(15(23)8-19)6-13(16(24)21-14)17(25)22-9-11-4-3-5-20(11,10-22)18(26)27/h6,11H,3-5,7-10H2,1-2H3,(H,21,24)(H,26,27)/t11-,20+/m0/s1. The van der Waals surface area contributed by atoms with E-state index in [1.54, 1.807) is 0 Å². The number of fused-ring (bicyclic) bond motifs is 2. The number of rotatable bonds is 2. The van der Waals surface area contributed by atoms with Gasteiger partial charge in [-0.3, -0.25) is 19.2 Å². The summed E-state index contributed by atoms with van der Waals surface area (Å²) in [5.41, 5.74) is -0.703. The van der Waals surface area contributed by atoms with Crippen LogP contribution in [0.25, 0.3) is 0 Å². The Bertz CT molecular complexity index is 915. The van der Waals surface area contributed by atoms with Crippen LogP contribution in [0.1, 0.15) is 65.9 Å². The third-order valence-corrected chi connectivity index (χ3v) is 6.53. The molecule has 0 radical (unpaired) electrons. The van der Waals surface area contributed by atoms with E-state index in [0.717, 1.165) is 12.8 Å². The Labute approximate surface area is 156 Å². The number of Topliss-reactive ketones (excluding diaryl/α,β-unsaturated/α-hetero) is 1. The fourth-order valence-electron chi connectivity index (χ4n) is 5.15. The van der Waals surface area contributed by atoms with Crippen LogP contribution in [-0.2, 0) is 11.2 Å². The number of hydrogen-bond donors (Lipinski definition) is 2. The van der Waals surface area contributed by atoms with Crippen molar-refractivity contribution in [3.8, 4) is 0 Å². The van der Waals surface area contributed by atoms with E-state index in [0.29, 0.717) is 37.1 Å². The van der Waals surface area contributed by atoms with Gasteiger partial charge in [-0.15, -0.1) is 0 Å². The highest BCUT2D eigenvalue weighted by Crippen LogP contribution is 2.49. The maximum Gasteiger partial charge on any atom is 0.311 e. The molecular formula is C20H24N2O5. The number of nitrogens with zero attached hydrogens (tertiary/aromatic N) is 1. The lowest BCUT2D eigenvalue weighted by Crippen LogP contribution is -2.39. The van der Waals surface area contributed by atoms with Gasteiger partial charge in [0.1, 0.15) is 5.56 Å². The van der Waals surface area contributed by atoms with E-state index in [4.69, 9.17) is 0 Å². The van der Waals surface area contributed by atoms with Gasteiger partial charge in [0.25, 0.3) is 11.5 Å². The number of hydrogen-bond acceptors (Lipinski definition) is 4. The van der Waals surface area contributed by atoms with Gasteiger partial charge in [0, 0.05) is 30.8 Å². The summed E-state index contributed by atoms with van der Waals surface area (Å²) in [6, 6.07) is 1.41. The first-order valence-electron chi connectivity index (χ1n) is 9.45. The van der Waals surface area contributed by atoms with Crippen LogP contribution in [-0.4, -0.2) is 45.7 Å². The van der Waals surface area contributed by atoms with Crippen molar-refractivity contribution in [3.63, 3.8) is 0 Å². The summed E-state index contributed by atoms with van der Waals surface area (Å²) in [7, 11) is 0. The fraction of sp³-hybridized carbons (Fsp3) is 0.600. The van der Waals surface area contributed by atoms with Crippen LogP contribution in [0.2, 0.25) is 0 Å². The molecule has 2 N–H and O–H groups in total. The fourth-order valence-corrected chi connectivity index (χ4v) is 5.15. The highest BCUT2D eigenvalue weighted by atomic mass is 16.4. The Kier molecular flexibility index (Phi) is 3.84. The van der Waals surface area contributed by atoms with Gasteiger partial charge in [-0.05, 0) is 36.7 Å². The molecule has 0 spiro atoms. The first kappa shape index (κ1) is 17.9. The lowest BCUT2D eigenvalue weighted by molar-refractivity contribution is -0.149. The summed E-state index contributed by atoms with van der Waals surface area (Å²) in [6.45, 7) is 4.42. The number of aliphatic carboxylic acids is 1. The molecule has 1 aliphatic heterocycles.